The van der Waals surface area contributed by atoms with Crippen LogP contribution < -0.4 is 5.32 Å². The minimum absolute atomic E-state index is 0.197. The molecule has 0 bridgehead atoms. The zero-order chi connectivity index (χ0) is 12.7. The van der Waals surface area contributed by atoms with Gasteiger partial charge >= 0.3 is 5.97 Å². The second-order valence-electron chi connectivity index (χ2n) is 3.79. The summed E-state index contributed by atoms with van der Waals surface area (Å²) < 4.78 is 9.80. The Bertz CT molecular complexity index is 329. The molecule has 94 valence electrons. The predicted molar refractivity (Wildman–Crippen MR) is 57.7 cm³/mol. The topological polar surface area (TPSA) is 88.4 Å². The van der Waals surface area contributed by atoms with Gasteiger partial charge in [-0.3, -0.25) is 9.59 Å². The maximum atomic E-state index is 11.9. The second-order valence-corrected chi connectivity index (χ2v) is 3.79. The van der Waals surface area contributed by atoms with Gasteiger partial charge in [-0.05, 0) is 19.8 Å². The van der Waals surface area contributed by atoms with E-state index in [-0.39, 0.29) is 13.2 Å². The number of rotatable bonds is 4. The van der Waals surface area contributed by atoms with Gasteiger partial charge in [-0.1, -0.05) is 0 Å². The minimum Gasteiger partial charge on any atom is -0.465 e. The normalized spacial score (nSPS) is 17.9. The summed E-state index contributed by atoms with van der Waals surface area (Å²) >= 11 is 0. The number of nitrogens with one attached hydrogen (secondary N) is 1. The van der Waals surface area contributed by atoms with Crippen LogP contribution in [0.25, 0.3) is 0 Å². The van der Waals surface area contributed by atoms with Gasteiger partial charge in [0.2, 0.25) is 5.91 Å². The molecule has 17 heavy (non-hydrogen) atoms. The van der Waals surface area contributed by atoms with E-state index in [2.05, 4.69) is 10.1 Å². The van der Waals surface area contributed by atoms with E-state index in [9.17, 15) is 9.59 Å². The molecule has 1 rings (SSSR count). The van der Waals surface area contributed by atoms with Crippen molar-refractivity contribution >= 4 is 11.9 Å². The van der Waals surface area contributed by atoms with Crippen molar-refractivity contribution in [2.75, 3.05) is 26.4 Å². The smallest absolute Gasteiger partial charge is 0.325 e. The van der Waals surface area contributed by atoms with Gasteiger partial charge in [-0.25, -0.2) is 0 Å². The monoisotopic (exact) mass is 240 g/mol. The van der Waals surface area contributed by atoms with Crippen LogP contribution in [-0.2, 0) is 19.1 Å². The van der Waals surface area contributed by atoms with Crippen molar-refractivity contribution in [1.82, 2.24) is 5.32 Å². The van der Waals surface area contributed by atoms with E-state index < -0.39 is 17.3 Å². The molecule has 0 radical (unpaired) electrons. The number of hydrogen-bond acceptors (Lipinski definition) is 5. The fraction of sp³-hybridized carbons (Fsp3) is 0.727. The van der Waals surface area contributed by atoms with Crippen LogP contribution >= 0.6 is 0 Å². The molecule has 0 unspecified atom stereocenters. The molecule has 1 aliphatic heterocycles. The van der Waals surface area contributed by atoms with Gasteiger partial charge < -0.3 is 14.8 Å². The maximum Gasteiger partial charge on any atom is 0.325 e. The van der Waals surface area contributed by atoms with E-state index in [1.54, 1.807) is 6.92 Å². The van der Waals surface area contributed by atoms with Gasteiger partial charge in [0.05, 0.1) is 12.7 Å². The largest absolute Gasteiger partial charge is 0.465 e. The Morgan fingerprint density at radius 1 is 1.47 bits per heavy atom. The average Bonchev–Trinajstić information content (AvgIpc) is 2.37. The van der Waals surface area contributed by atoms with Crippen LogP contribution in [0.5, 0.6) is 0 Å². The molecule has 0 spiro atoms. The first-order valence-corrected chi connectivity index (χ1v) is 5.57. The number of ether oxygens (including phenoxy) is 2. The lowest BCUT2D eigenvalue weighted by Crippen LogP contribution is -2.45. The number of hydrogen-bond donors (Lipinski definition) is 1. The molecule has 1 amide bonds. The lowest BCUT2D eigenvalue weighted by molar-refractivity contribution is -0.145. The third-order valence-corrected chi connectivity index (χ3v) is 2.69. The number of nitriles is 1. The molecule has 1 saturated heterocycles. The first-order chi connectivity index (χ1) is 8.14. The van der Waals surface area contributed by atoms with Gasteiger partial charge in [0.25, 0.3) is 0 Å². The average molecular weight is 240 g/mol. The summed E-state index contributed by atoms with van der Waals surface area (Å²) in [4.78, 5) is 22.9. The molecule has 0 atom stereocenters. The third kappa shape index (κ3) is 3.43. The Hall–Kier alpha value is -1.61. The third-order valence-electron chi connectivity index (χ3n) is 2.69. The SMILES string of the molecule is CCOC(=O)CNC(=O)C1(C#N)CCOCC1. The zero-order valence-corrected chi connectivity index (χ0v) is 9.82. The van der Waals surface area contributed by atoms with Crippen molar-refractivity contribution in [2.45, 2.75) is 19.8 Å². The molecule has 1 aliphatic rings. The van der Waals surface area contributed by atoms with E-state index >= 15 is 0 Å². The first kappa shape index (κ1) is 13.5. The summed E-state index contributed by atoms with van der Waals surface area (Å²) in [6, 6.07) is 2.03. The van der Waals surface area contributed by atoms with Crippen molar-refractivity contribution in [3.8, 4) is 6.07 Å². The van der Waals surface area contributed by atoms with Crippen molar-refractivity contribution in [1.29, 1.82) is 5.26 Å². The van der Waals surface area contributed by atoms with Crippen LogP contribution in [0.4, 0.5) is 0 Å². The molecular formula is C11H16N2O4. The van der Waals surface area contributed by atoms with Crippen molar-refractivity contribution in [3.63, 3.8) is 0 Å². The van der Waals surface area contributed by atoms with Crippen LogP contribution in [0.15, 0.2) is 0 Å². The lowest BCUT2D eigenvalue weighted by atomic mass is 9.81. The molecular weight excluding hydrogens is 224 g/mol. The van der Waals surface area contributed by atoms with Crippen LogP contribution in [0.2, 0.25) is 0 Å². The Kier molecular flexibility index (Phi) is 4.91. The highest BCUT2D eigenvalue weighted by atomic mass is 16.5. The van der Waals surface area contributed by atoms with E-state index in [4.69, 9.17) is 10.00 Å². The zero-order valence-electron chi connectivity index (χ0n) is 9.82. The maximum absolute atomic E-state index is 11.9. The van der Waals surface area contributed by atoms with E-state index in [1.165, 1.54) is 0 Å². The molecule has 6 heteroatoms. The lowest BCUT2D eigenvalue weighted by Gasteiger charge is -2.28. The summed E-state index contributed by atoms with van der Waals surface area (Å²) in [6.07, 6.45) is 0.719. The Labute approximate surface area is 99.9 Å². The van der Waals surface area contributed by atoms with Crippen LogP contribution in [0.1, 0.15) is 19.8 Å². The minimum atomic E-state index is -1.06. The van der Waals surface area contributed by atoms with Crippen LogP contribution in [0, 0.1) is 16.7 Å². The molecule has 1 fully saturated rings. The van der Waals surface area contributed by atoms with Crippen LogP contribution in [-0.4, -0.2) is 38.2 Å². The predicted octanol–water partition coefficient (Wildman–Crippen LogP) is -0.0139. The van der Waals surface area contributed by atoms with Crippen molar-refractivity contribution in [2.24, 2.45) is 5.41 Å². The molecule has 0 aromatic heterocycles. The number of carbonyl (C=O) groups is 2. The number of nitrogens with zero attached hydrogens (tertiary/aromatic N) is 1. The fourth-order valence-electron chi connectivity index (χ4n) is 1.64. The molecule has 0 aromatic carbocycles. The highest BCUT2D eigenvalue weighted by molar-refractivity contribution is 5.88. The summed E-state index contributed by atoms with van der Waals surface area (Å²) in [7, 11) is 0. The molecule has 6 nitrogen and oxygen atoms in total. The Balaban J connectivity index is 2.50. The van der Waals surface area contributed by atoms with E-state index in [1.807, 2.05) is 6.07 Å². The molecule has 0 saturated carbocycles. The van der Waals surface area contributed by atoms with Gasteiger partial charge in [0.15, 0.2) is 0 Å². The highest BCUT2D eigenvalue weighted by Crippen LogP contribution is 2.29. The number of carbonyl (C=O) groups excluding carboxylic acids is 2. The van der Waals surface area contributed by atoms with E-state index in [0.29, 0.717) is 26.1 Å². The highest BCUT2D eigenvalue weighted by Gasteiger charge is 2.40. The van der Waals surface area contributed by atoms with Crippen LogP contribution in [0.3, 0.4) is 0 Å². The quantitative estimate of drug-likeness (QED) is 0.698. The molecule has 1 heterocycles. The van der Waals surface area contributed by atoms with Gasteiger partial charge in [-0.2, -0.15) is 5.26 Å². The van der Waals surface area contributed by atoms with Gasteiger partial charge in [0, 0.05) is 13.2 Å². The fourth-order valence-corrected chi connectivity index (χ4v) is 1.64. The van der Waals surface area contributed by atoms with Gasteiger partial charge in [-0.15, -0.1) is 0 Å². The Morgan fingerprint density at radius 3 is 2.65 bits per heavy atom. The van der Waals surface area contributed by atoms with E-state index in [0.717, 1.165) is 0 Å². The number of amides is 1. The summed E-state index contributed by atoms with van der Waals surface area (Å²) in [6.45, 7) is 2.54. The summed E-state index contributed by atoms with van der Waals surface area (Å²) in [5.74, 6) is -0.919. The number of esters is 1. The molecule has 1 N–H and O–H groups in total. The molecule has 0 aliphatic carbocycles. The Morgan fingerprint density at radius 2 is 2.12 bits per heavy atom. The second kappa shape index (κ2) is 6.21. The standard InChI is InChI=1S/C11H16N2O4/c1-2-17-9(14)7-13-10(15)11(8-12)3-5-16-6-4-11/h2-7H2,1H3,(H,13,15). The van der Waals surface area contributed by atoms with Crippen molar-refractivity contribution in [3.05, 3.63) is 0 Å². The first-order valence-electron chi connectivity index (χ1n) is 5.57. The van der Waals surface area contributed by atoms with Crippen molar-refractivity contribution < 1.29 is 19.1 Å². The van der Waals surface area contributed by atoms with Gasteiger partial charge in [0.1, 0.15) is 12.0 Å². The molecule has 0 aromatic rings. The summed E-state index contributed by atoms with van der Waals surface area (Å²) in [5.41, 5.74) is -1.06. The summed E-state index contributed by atoms with van der Waals surface area (Å²) in [5, 5.41) is 11.5.